The zero-order valence-corrected chi connectivity index (χ0v) is 35.7. The van der Waals surface area contributed by atoms with Gasteiger partial charge in [-0.15, -0.1) is 0 Å². The molecule has 2 aromatic carbocycles. The van der Waals surface area contributed by atoms with E-state index in [1.165, 1.54) is 11.1 Å². The molecule has 5 rings (SSSR count). The predicted octanol–water partition coefficient (Wildman–Crippen LogP) is 8.09. The number of hydrogen-bond donors (Lipinski definition) is 2. The molecule has 3 heterocycles. The van der Waals surface area contributed by atoms with E-state index in [-0.39, 0.29) is 39.4 Å². The number of aromatic amines is 1. The van der Waals surface area contributed by atoms with Crippen molar-refractivity contribution in [1.82, 2.24) is 24.4 Å². The van der Waals surface area contributed by atoms with E-state index in [4.69, 9.17) is 18.6 Å². The first-order valence-corrected chi connectivity index (χ1v) is 24.6. The number of H-pyrrole nitrogens is 1. The van der Waals surface area contributed by atoms with Crippen molar-refractivity contribution in [3.63, 3.8) is 0 Å². The van der Waals surface area contributed by atoms with Crippen molar-refractivity contribution in [1.29, 1.82) is 0 Å². The number of nitrogens with one attached hydrogen (secondary N) is 2. The topological polar surface area (TPSA) is 124 Å². The molecule has 0 aliphatic carbocycles. The lowest BCUT2D eigenvalue weighted by atomic mass is 10.0. The smallest absolute Gasteiger partial charge is 0.280 e. The summed E-state index contributed by atoms with van der Waals surface area (Å²) in [5.74, 6) is -0.494. The number of hydrogen-bond acceptors (Lipinski definition) is 8. The second-order valence-corrected chi connectivity index (χ2v) is 27.3. The van der Waals surface area contributed by atoms with E-state index in [9.17, 15) is 9.59 Å². The molecule has 0 saturated carbocycles. The highest BCUT2D eigenvalue weighted by molar-refractivity contribution is 6.74. The van der Waals surface area contributed by atoms with Crippen LogP contribution in [0, 0.1) is 5.92 Å². The van der Waals surface area contributed by atoms with Crippen LogP contribution in [0.25, 0.3) is 11.2 Å². The van der Waals surface area contributed by atoms with Gasteiger partial charge in [-0.2, -0.15) is 4.98 Å². The van der Waals surface area contributed by atoms with Gasteiger partial charge in [-0.1, -0.05) is 116 Å². The number of amides is 1. The van der Waals surface area contributed by atoms with Crippen molar-refractivity contribution in [3.05, 3.63) is 88.5 Å². The molecule has 1 saturated heterocycles. The molecule has 4 atom stereocenters. The first-order valence-electron chi connectivity index (χ1n) is 18.8. The number of ether oxygens (including phenoxy) is 1. The minimum Gasteiger partial charge on any atom is -0.414 e. The Balaban J connectivity index is 1.70. The number of imidazole rings is 1. The summed E-state index contributed by atoms with van der Waals surface area (Å²) in [6, 6.07) is 20.7. The van der Waals surface area contributed by atoms with Gasteiger partial charge in [0.25, 0.3) is 5.56 Å². The summed E-state index contributed by atoms with van der Waals surface area (Å²) < 4.78 is 23.5. The maximum atomic E-state index is 13.4. The summed E-state index contributed by atoms with van der Waals surface area (Å²) in [6.45, 7) is 27.7. The van der Waals surface area contributed by atoms with Crippen LogP contribution in [0.2, 0.25) is 36.3 Å². The first kappa shape index (κ1) is 40.7. The molecule has 11 nitrogen and oxygen atoms in total. The third kappa shape index (κ3) is 9.26. The number of rotatable bonds is 13. The number of carbonyl (C=O) groups excluding carboxylic acids is 1. The molecule has 13 heteroatoms. The second kappa shape index (κ2) is 15.7. The quantitative estimate of drug-likeness (QED) is 0.131. The third-order valence-electron chi connectivity index (χ3n) is 11.3. The Hall–Kier alpha value is -3.47. The predicted molar refractivity (Wildman–Crippen MR) is 217 cm³/mol. The van der Waals surface area contributed by atoms with Gasteiger partial charge in [0.2, 0.25) is 11.9 Å². The molecular formula is C40H60N6O5Si2. The normalized spacial score (nSPS) is 20.1. The standard InChI is InChI=1S/C40H60N6O5Si2/c1-27(2)35(47)43-38-42-34-31(36(48)44-38)41-26-46(34)37-33(51-53(11,12)40(6,7)8)32(30(50-37)25-49-52(9,10)39(3,4)5)45(23-28-19-15-13-16-20-28)24-29-21-17-14-18-22-29/h13-22,26-27,30,32-33,37H,23-25H2,1-12H3,(H2,42,43,44,47,48)/t30-,32?,33?,37-/m1/s1. The molecule has 53 heavy (non-hydrogen) atoms. The summed E-state index contributed by atoms with van der Waals surface area (Å²) in [6.07, 6.45) is 0.00377. The third-order valence-corrected chi connectivity index (χ3v) is 20.3. The van der Waals surface area contributed by atoms with E-state index in [1.54, 1.807) is 20.2 Å². The van der Waals surface area contributed by atoms with Gasteiger partial charge in [0.05, 0.1) is 19.0 Å². The first-order chi connectivity index (χ1) is 24.7. The Morgan fingerprint density at radius 3 is 1.98 bits per heavy atom. The SMILES string of the molecule is CC(C)C(=O)Nc1nc2c(ncn2[C@@H]2O[C@H](CO[Si](C)(C)C(C)(C)C)C(N(Cc3ccccc3)Cc3ccccc3)C2O[Si](C)(C)C(C)(C)C)c(=O)[nH]1. The Morgan fingerprint density at radius 2 is 1.47 bits per heavy atom. The van der Waals surface area contributed by atoms with Gasteiger partial charge in [0, 0.05) is 19.0 Å². The Kier molecular flexibility index (Phi) is 12.1. The molecule has 2 aromatic heterocycles. The number of carbonyl (C=O) groups is 1. The summed E-state index contributed by atoms with van der Waals surface area (Å²) in [5.41, 5.74) is 2.37. The number of anilines is 1. The van der Waals surface area contributed by atoms with Crippen LogP contribution in [0.5, 0.6) is 0 Å². The maximum Gasteiger partial charge on any atom is 0.280 e. The molecule has 1 aliphatic heterocycles. The molecule has 0 spiro atoms. The van der Waals surface area contributed by atoms with Crippen LogP contribution in [0.3, 0.4) is 0 Å². The summed E-state index contributed by atoms with van der Waals surface area (Å²) in [5, 5.41) is 2.64. The molecule has 0 bridgehead atoms. The maximum absolute atomic E-state index is 13.4. The van der Waals surface area contributed by atoms with Crippen LogP contribution in [0.15, 0.2) is 71.8 Å². The largest absolute Gasteiger partial charge is 0.414 e. The van der Waals surface area contributed by atoms with Crippen molar-refractivity contribution in [3.8, 4) is 0 Å². The van der Waals surface area contributed by atoms with Crippen LogP contribution >= 0.6 is 0 Å². The highest BCUT2D eigenvalue weighted by Gasteiger charge is 2.54. The summed E-state index contributed by atoms with van der Waals surface area (Å²) >= 11 is 0. The summed E-state index contributed by atoms with van der Waals surface area (Å²) in [7, 11) is -4.66. The minimum absolute atomic E-state index is 0.00632. The van der Waals surface area contributed by atoms with Crippen molar-refractivity contribution in [2.75, 3.05) is 11.9 Å². The highest BCUT2D eigenvalue weighted by atomic mass is 28.4. The lowest BCUT2D eigenvalue weighted by Gasteiger charge is -2.43. The van der Waals surface area contributed by atoms with Gasteiger partial charge in [-0.3, -0.25) is 29.4 Å². The fraction of sp³-hybridized carbons (Fsp3) is 0.550. The Morgan fingerprint density at radius 1 is 0.925 bits per heavy atom. The van der Waals surface area contributed by atoms with Crippen molar-refractivity contribution < 1.29 is 18.4 Å². The zero-order chi connectivity index (χ0) is 38.9. The second-order valence-electron chi connectivity index (χ2n) is 17.7. The van der Waals surface area contributed by atoms with Crippen LogP contribution in [-0.2, 0) is 31.5 Å². The minimum atomic E-state index is -2.46. The number of benzene rings is 2. The van der Waals surface area contributed by atoms with Gasteiger partial charge in [0.15, 0.2) is 34.0 Å². The molecule has 1 fully saturated rings. The van der Waals surface area contributed by atoms with Gasteiger partial charge in [-0.25, -0.2) is 4.98 Å². The Labute approximate surface area is 317 Å². The molecule has 1 aliphatic rings. The van der Waals surface area contributed by atoms with E-state index >= 15 is 0 Å². The Bertz CT molecular complexity index is 1860. The lowest BCUT2D eigenvalue weighted by Crippen LogP contribution is -2.54. The van der Waals surface area contributed by atoms with Crippen molar-refractivity contribution in [2.24, 2.45) is 5.92 Å². The van der Waals surface area contributed by atoms with Gasteiger partial charge in [-0.05, 0) is 47.4 Å². The highest BCUT2D eigenvalue weighted by Crippen LogP contribution is 2.45. The fourth-order valence-corrected chi connectivity index (χ4v) is 8.31. The molecule has 2 unspecified atom stereocenters. The summed E-state index contributed by atoms with van der Waals surface area (Å²) in [4.78, 5) is 40.5. The van der Waals surface area contributed by atoms with Gasteiger partial charge in [0.1, 0.15) is 12.2 Å². The number of nitrogens with zero attached hydrogens (tertiary/aromatic N) is 4. The number of aromatic nitrogens is 4. The zero-order valence-electron chi connectivity index (χ0n) is 33.7. The molecule has 2 N–H and O–H groups in total. The van der Waals surface area contributed by atoms with E-state index in [0.717, 1.165) is 0 Å². The lowest BCUT2D eigenvalue weighted by molar-refractivity contribution is -0.118. The van der Waals surface area contributed by atoms with Gasteiger partial charge >= 0.3 is 0 Å². The molecular weight excluding hydrogens is 701 g/mol. The average molecular weight is 761 g/mol. The van der Waals surface area contributed by atoms with Crippen molar-refractivity contribution in [2.45, 2.75) is 129 Å². The monoisotopic (exact) mass is 760 g/mol. The van der Waals surface area contributed by atoms with Crippen LogP contribution in [0.1, 0.15) is 72.7 Å². The average Bonchev–Trinajstić information content (AvgIpc) is 3.64. The fourth-order valence-electron chi connectivity index (χ4n) is 6.01. The van der Waals surface area contributed by atoms with Crippen LogP contribution in [0.4, 0.5) is 5.95 Å². The molecule has 288 valence electrons. The van der Waals surface area contributed by atoms with E-state index in [0.29, 0.717) is 25.3 Å². The van der Waals surface area contributed by atoms with Gasteiger partial charge < -0.3 is 13.6 Å². The molecule has 4 aromatic rings. The van der Waals surface area contributed by atoms with Crippen LogP contribution < -0.4 is 10.9 Å². The van der Waals surface area contributed by atoms with E-state index in [1.807, 2.05) is 16.7 Å². The molecule has 1 amide bonds. The van der Waals surface area contributed by atoms with Crippen LogP contribution in [-0.4, -0.2) is 71.8 Å². The number of fused-ring (bicyclic) bond motifs is 1. The van der Waals surface area contributed by atoms with E-state index in [2.05, 4.69) is 136 Å². The van der Waals surface area contributed by atoms with E-state index < -0.39 is 40.6 Å². The van der Waals surface area contributed by atoms with Crippen molar-refractivity contribution >= 4 is 39.7 Å². The molecule has 0 radical (unpaired) electrons.